The van der Waals surface area contributed by atoms with Crippen LogP contribution in [0.15, 0.2) is 0 Å². The first-order valence-corrected chi connectivity index (χ1v) is 3.56. The molecule has 8 heavy (non-hydrogen) atoms. The molecule has 0 saturated carbocycles. The molecule has 1 rings (SSSR count). The highest BCUT2D eigenvalue weighted by molar-refractivity contribution is 8.01. The van der Waals surface area contributed by atoms with Gasteiger partial charge in [-0.3, -0.25) is 0 Å². The molecule has 3 heteroatoms. The Bertz CT molecular complexity index is 61.4. The van der Waals surface area contributed by atoms with Gasteiger partial charge in [-0.25, -0.2) is 0 Å². The maximum atomic E-state index is 5.11. The van der Waals surface area contributed by atoms with Gasteiger partial charge in [-0.05, 0) is 0 Å². The summed E-state index contributed by atoms with van der Waals surface area (Å²) < 4.78 is 9.97. The minimum Gasteiger partial charge on any atom is -0.382 e. The monoisotopic (exact) mass is 133 g/mol. The average molecular weight is 133 g/mol. The molecular weight excluding hydrogens is 124 g/mol. The van der Waals surface area contributed by atoms with Crippen molar-refractivity contribution in [2.45, 2.75) is 6.10 Å². The van der Waals surface area contributed by atoms with Crippen LogP contribution in [0.2, 0.25) is 0 Å². The molecule has 1 atom stereocenters. The van der Waals surface area contributed by atoms with Crippen molar-refractivity contribution in [3.05, 3.63) is 5.94 Å². The van der Waals surface area contributed by atoms with Crippen LogP contribution in [0.5, 0.6) is 0 Å². The SMILES string of the molecule is COCC1CS[CH]O1. The molecule has 0 N–H and O–H groups in total. The van der Waals surface area contributed by atoms with E-state index in [-0.39, 0.29) is 0 Å². The van der Waals surface area contributed by atoms with Crippen LogP contribution < -0.4 is 0 Å². The quantitative estimate of drug-likeness (QED) is 0.557. The predicted molar refractivity (Wildman–Crippen MR) is 33.5 cm³/mol. The van der Waals surface area contributed by atoms with Crippen molar-refractivity contribution in [1.29, 1.82) is 0 Å². The lowest BCUT2D eigenvalue weighted by atomic mass is 10.4. The summed E-state index contributed by atoms with van der Waals surface area (Å²) in [7, 11) is 1.69. The van der Waals surface area contributed by atoms with Crippen molar-refractivity contribution in [3.63, 3.8) is 0 Å². The molecule has 47 valence electrons. The summed E-state index contributed by atoms with van der Waals surface area (Å²) >= 11 is 1.69. The highest BCUT2D eigenvalue weighted by atomic mass is 32.2. The van der Waals surface area contributed by atoms with Crippen molar-refractivity contribution in [2.75, 3.05) is 19.5 Å². The number of ether oxygens (including phenoxy) is 2. The fraction of sp³-hybridized carbons (Fsp3) is 0.800. The second kappa shape index (κ2) is 3.33. The minimum absolute atomic E-state index is 0.296. The lowest BCUT2D eigenvalue weighted by Crippen LogP contribution is -2.14. The number of hydrogen-bond acceptors (Lipinski definition) is 3. The topological polar surface area (TPSA) is 18.5 Å². The molecule has 1 unspecified atom stereocenters. The zero-order valence-corrected chi connectivity index (χ0v) is 5.61. The van der Waals surface area contributed by atoms with E-state index in [4.69, 9.17) is 9.47 Å². The van der Waals surface area contributed by atoms with Crippen LogP contribution in [-0.4, -0.2) is 25.6 Å². The van der Waals surface area contributed by atoms with Gasteiger partial charge in [0.1, 0.15) is 5.94 Å². The van der Waals surface area contributed by atoms with Crippen LogP contribution in [0.25, 0.3) is 0 Å². The molecule has 0 amide bonds. The van der Waals surface area contributed by atoms with E-state index in [1.54, 1.807) is 24.8 Å². The largest absolute Gasteiger partial charge is 0.382 e. The third-order valence-electron chi connectivity index (χ3n) is 0.951. The lowest BCUT2D eigenvalue weighted by Gasteiger charge is -2.03. The standard InChI is InChI=1S/C5H9O2S/c1-6-2-5-3-8-4-7-5/h4-5H,2-3H2,1H3. The molecule has 0 bridgehead atoms. The summed E-state index contributed by atoms with van der Waals surface area (Å²) in [6, 6.07) is 0. The number of rotatable bonds is 2. The van der Waals surface area contributed by atoms with Gasteiger partial charge in [0.25, 0.3) is 0 Å². The Balaban J connectivity index is 2.06. The number of methoxy groups -OCH3 is 1. The molecule has 1 aliphatic heterocycles. The molecule has 0 aromatic heterocycles. The van der Waals surface area contributed by atoms with Gasteiger partial charge < -0.3 is 9.47 Å². The summed E-state index contributed by atoms with van der Waals surface area (Å²) in [4.78, 5) is 0. The maximum absolute atomic E-state index is 5.11. The Hall–Kier alpha value is 0.270. The number of thioether (sulfide) groups is 1. The van der Waals surface area contributed by atoms with Gasteiger partial charge in [0.15, 0.2) is 0 Å². The molecule has 1 heterocycles. The van der Waals surface area contributed by atoms with Gasteiger partial charge in [-0.15, -0.1) is 11.8 Å². The molecule has 0 aromatic carbocycles. The van der Waals surface area contributed by atoms with E-state index in [1.165, 1.54) is 0 Å². The Morgan fingerprint density at radius 3 is 3.38 bits per heavy atom. The highest BCUT2D eigenvalue weighted by Crippen LogP contribution is 2.20. The first-order chi connectivity index (χ1) is 3.93. The van der Waals surface area contributed by atoms with E-state index < -0.39 is 0 Å². The third kappa shape index (κ3) is 1.65. The van der Waals surface area contributed by atoms with Crippen molar-refractivity contribution in [1.82, 2.24) is 0 Å². The normalized spacial score (nSPS) is 28.9. The second-order valence-electron chi connectivity index (χ2n) is 1.64. The Kier molecular flexibility index (Phi) is 2.66. The molecule has 1 saturated heterocycles. The summed E-state index contributed by atoms with van der Waals surface area (Å²) in [5.74, 6) is 2.80. The van der Waals surface area contributed by atoms with Crippen LogP contribution in [-0.2, 0) is 9.47 Å². The average Bonchev–Trinajstić information content (AvgIpc) is 2.19. The van der Waals surface area contributed by atoms with E-state index in [0.29, 0.717) is 12.7 Å². The van der Waals surface area contributed by atoms with Gasteiger partial charge in [-0.2, -0.15) is 0 Å². The zero-order chi connectivity index (χ0) is 5.82. The van der Waals surface area contributed by atoms with Gasteiger partial charge in [0.2, 0.25) is 0 Å². The first kappa shape index (κ1) is 6.39. The van der Waals surface area contributed by atoms with E-state index in [1.807, 2.05) is 0 Å². The fourth-order valence-electron chi connectivity index (χ4n) is 0.577. The molecule has 1 radical (unpaired) electrons. The summed E-state index contributed by atoms with van der Waals surface area (Å²) in [6.45, 7) is 0.712. The molecular formula is C5H9O2S. The fourth-order valence-corrected chi connectivity index (χ4v) is 1.28. The minimum atomic E-state index is 0.296. The van der Waals surface area contributed by atoms with Crippen LogP contribution in [0.3, 0.4) is 0 Å². The van der Waals surface area contributed by atoms with Crippen LogP contribution in [0, 0.1) is 5.94 Å². The molecule has 1 aliphatic rings. The number of hydrogen-bond donors (Lipinski definition) is 0. The first-order valence-electron chi connectivity index (χ1n) is 2.51. The van der Waals surface area contributed by atoms with Crippen molar-refractivity contribution in [3.8, 4) is 0 Å². The van der Waals surface area contributed by atoms with Crippen molar-refractivity contribution in [2.24, 2.45) is 0 Å². The van der Waals surface area contributed by atoms with Crippen LogP contribution >= 0.6 is 11.8 Å². The van der Waals surface area contributed by atoms with Gasteiger partial charge in [0.05, 0.1) is 12.7 Å². The predicted octanol–water partition coefficient (Wildman–Crippen LogP) is 0.884. The molecule has 1 fully saturated rings. The van der Waals surface area contributed by atoms with E-state index in [2.05, 4.69) is 0 Å². The van der Waals surface area contributed by atoms with Crippen molar-refractivity contribution >= 4 is 11.8 Å². The van der Waals surface area contributed by atoms with Gasteiger partial charge in [0, 0.05) is 12.9 Å². The molecule has 2 nitrogen and oxygen atoms in total. The summed E-state index contributed by atoms with van der Waals surface area (Å²) in [5, 5.41) is 0. The zero-order valence-electron chi connectivity index (χ0n) is 4.79. The second-order valence-corrected chi connectivity index (χ2v) is 2.50. The molecule has 0 spiro atoms. The lowest BCUT2D eigenvalue weighted by molar-refractivity contribution is 0.0660. The van der Waals surface area contributed by atoms with E-state index in [0.717, 1.165) is 5.75 Å². The summed E-state index contributed by atoms with van der Waals surface area (Å²) in [5.41, 5.74) is 0. The Labute approximate surface area is 53.5 Å². The van der Waals surface area contributed by atoms with Gasteiger partial charge in [-0.1, -0.05) is 0 Å². The molecule has 0 aliphatic carbocycles. The third-order valence-corrected chi connectivity index (χ3v) is 1.76. The van der Waals surface area contributed by atoms with Crippen LogP contribution in [0.1, 0.15) is 0 Å². The van der Waals surface area contributed by atoms with E-state index in [9.17, 15) is 0 Å². The Morgan fingerprint density at radius 2 is 2.88 bits per heavy atom. The van der Waals surface area contributed by atoms with Gasteiger partial charge >= 0.3 is 0 Å². The van der Waals surface area contributed by atoms with Crippen LogP contribution in [0.4, 0.5) is 0 Å². The molecule has 0 aromatic rings. The van der Waals surface area contributed by atoms with Crippen molar-refractivity contribution < 1.29 is 9.47 Å². The van der Waals surface area contributed by atoms with E-state index >= 15 is 0 Å². The smallest absolute Gasteiger partial charge is 0.139 e. The maximum Gasteiger partial charge on any atom is 0.139 e. The Morgan fingerprint density at radius 1 is 2.00 bits per heavy atom. The highest BCUT2D eigenvalue weighted by Gasteiger charge is 2.15. The summed E-state index contributed by atoms with van der Waals surface area (Å²) in [6.07, 6.45) is 0.296.